The van der Waals surface area contributed by atoms with E-state index in [1.54, 1.807) is 4.90 Å². The van der Waals surface area contributed by atoms with Crippen molar-refractivity contribution in [3.8, 4) is 0 Å². The Balaban J connectivity index is 1.46. The Morgan fingerprint density at radius 3 is 2.15 bits per heavy atom. The lowest BCUT2D eigenvalue weighted by Crippen LogP contribution is -2.48. The Hall–Kier alpha value is -3.14. The molecule has 0 atom stereocenters. The van der Waals surface area contributed by atoms with E-state index < -0.39 is 11.7 Å². The molecule has 1 fully saturated rings. The second kappa shape index (κ2) is 9.25. The van der Waals surface area contributed by atoms with Gasteiger partial charge in [-0.05, 0) is 46.8 Å². The molecule has 1 saturated heterocycles. The normalized spacial score (nSPS) is 14.9. The number of benzene rings is 1. The molecule has 0 spiro atoms. The van der Waals surface area contributed by atoms with E-state index >= 15 is 0 Å². The van der Waals surface area contributed by atoms with E-state index in [1.165, 1.54) is 17.8 Å². The molecule has 0 amide bonds. The van der Waals surface area contributed by atoms with Gasteiger partial charge in [-0.2, -0.15) is 28.1 Å². The number of nitrogens with one attached hydrogen (secondary N) is 1. The van der Waals surface area contributed by atoms with Gasteiger partial charge in [0.25, 0.3) is 0 Å². The molecule has 34 heavy (non-hydrogen) atoms. The number of aromatic nitrogens is 4. The quantitative estimate of drug-likeness (QED) is 0.530. The first-order valence-corrected chi connectivity index (χ1v) is 11.2. The fraction of sp³-hybridized carbons (Fsp3) is 0.391. The summed E-state index contributed by atoms with van der Waals surface area (Å²) in [5.41, 5.74) is 1.31. The zero-order chi connectivity index (χ0) is 24.5. The van der Waals surface area contributed by atoms with Gasteiger partial charge < -0.3 is 15.1 Å². The minimum Gasteiger partial charge on any atom is -0.353 e. The molecule has 11 heteroatoms. The second-order valence-electron chi connectivity index (χ2n) is 9.03. The maximum atomic E-state index is 13.4. The van der Waals surface area contributed by atoms with Gasteiger partial charge in [0.15, 0.2) is 0 Å². The molecule has 0 aliphatic carbocycles. The molecule has 0 radical (unpaired) electrons. The van der Waals surface area contributed by atoms with Crippen LogP contribution in [-0.4, -0.2) is 46.1 Å². The zero-order valence-corrected chi connectivity index (χ0v) is 19.8. The average molecular weight is 492 g/mol. The van der Waals surface area contributed by atoms with Crippen molar-refractivity contribution in [1.29, 1.82) is 0 Å². The maximum absolute atomic E-state index is 13.4. The maximum Gasteiger partial charge on any atom is 0.419 e. The molecule has 1 aromatic carbocycles. The number of nitrogens with zero attached hydrogens (tertiary/aromatic N) is 6. The summed E-state index contributed by atoms with van der Waals surface area (Å²) >= 11 is 6.14. The zero-order valence-electron chi connectivity index (χ0n) is 19.1. The van der Waals surface area contributed by atoms with E-state index in [0.717, 1.165) is 11.8 Å². The minimum atomic E-state index is -4.46. The van der Waals surface area contributed by atoms with Gasteiger partial charge in [0, 0.05) is 38.1 Å². The summed E-state index contributed by atoms with van der Waals surface area (Å²) in [6, 6.07) is 10.3. The summed E-state index contributed by atoms with van der Waals surface area (Å²) < 4.78 is 40.1. The Morgan fingerprint density at radius 1 is 0.882 bits per heavy atom. The molecule has 4 rings (SSSR count). The summed E-state index contributed by atoms with van der Waals surface area (Å²) in [5.74, 6) is 0.597. The van der Waals surface area contributed by atoms with Crippen LogP contribution < -0.4 is 15.1 Å². The first-order chi connectivity index (χ1) is 16.0. The molecule has 3 heterocycles. The Bertz CT molecular complexity index is 1140. The van der Waals surface area contributed by atoms with Gasteiger partial charge in [-0.1, -0.05) is 32.9 Å². The third kappa shape index (κ3) is 5.49. The molecule has 2 aromatic heterocycles. The van der Waals surface area contributed by atoms with Gasteiger partial charge in [-0.15, -0.1) is 0 Å². The van der Waals surface area contributed by atoms with Gasteiger partial charge in [-0.3, -0.25) is 0 Å². The summed E-state index contributed by atoms with van der Waals surface area (Å²) in [6.45, 7) is 7.92. The van der Waals surface area contributed by atoms with Crippen molar-refractivity contribution < 1.29 is 13.2 Å². The third-order valence-corrected chi connectivity index (χ3v) is 5.73. The highest BCUT2D eigenvalue weighted by atomic mass is 35.5. The van der Waals surface area contributed by atoms with Crippen LogP contribution in [0.2, 0.25) is 5.28 Å². The average Bonchev–Trinajstić information content (AvgIpc) is 2.78. The molecule has 180 valence electrons. The third-order valence-electron chi connectivity index (χ3n) is 5.56. The predicted molar refractivity (Wildman–Crippen MR) is 127 cm³/mol. The van der Waals surface area contributed by atoms with Crippen molar-refractivity contribution in [3.63, 3.8) is 0 Å². The second-order valence-corrected chi connectivity index (χ2v) is 9.36. The smallest absolute Gasteiger partial charge is 0.353 e. The van der Waals surface area contributed by atoms with E-state index in [9.17, 15) is 13.2 Å². The fourth-order valence-electron chi connectivity index (χ4n) is 3.71. The first kappa shape index (κ1) is 24.0. The lowest BCUT2D eigenvalue weighted by Gasteiger charge is -2.36. The number of hydrogen-bond donors (Lipinski definition) is 1. The van der Waals surface area contributed by atoms with E-state index in [1.807, 2.05) is 29.2 Å². The number of anilines is 4. The summed E-state index contributed by atoms with van der Waals surface area (Å²) in [5, 5.41) is 3.18. The number of rotatable bonds is 4. The van der Waals surface area contributed by atoms with Crippen LogP contribution in [0.4, 0.5) is 36.6 Å². The number of pyridine rings is 1. The summed E-state index contributed by atoms with van der Waals surface area (Å²) in [6.07, 6.45) is -3.09. The SMILES string of the molecule is CC(C)(C)c1ccc(Nc2nc(Cl)nc(N3CCN(c4ncccc4C(F)(F)F)CC3)n2)cc1. The number of alkyl halides is 3. The monoisotopic (exact) mass is 491 g/mol. The van der Waals surface area contributed by atoms with Crippen LogP contribution in [0.25, 0.3) is 0 Å². The van der Waals surface area contributed by atoms with Crippen molar-refractivity contribution in [3.05, 3.63) is 59.0 Å². The number of piperazine rings is 1. The number of halogens is 4. The topological polar surface area (TPSA) is 70.1 Å². The van der Waals surface area contributed by atoms with Crippen molar-refractivity contribution in [2.75, 3.05) is 41.3 Å². The Morgan fingerprint density at radius 2 is 1.53 bits per heavy atom. The summed E-state index contributed by atoms with van der Waals surface area (Å²) in [4.78, 5) is 20.3. The Labute approximate surface area is 201 Å². The molecule has 7 nitrogen and oxygen atoms in total. The molecule has 0 unspecified atom stereocenters. The minimum absolute atomic E-state index is 0.0327. The van der Waals surface area contributed by atoms with Crippen molar-refractivity contribution in [2.45, 2.75) is 32.4 Å². The van der Waals surface area contributed by atoms with E-state index in [2.05, 4.69) is 46.0 Å². The van der Waals surface area contributed by atoms with Crippen LogP contribution in [0.15, 0.2) is 42.6 Å². The molecule has 0 bridgehead atoms. The van der Waals surface area contributed by atoms with Gasteiger partial charge in [0.1, 0.15) is 5.82 Å². The van der Waals surface area contributed by atoms with Crippen LogP contribution in [0.5, 0.6) is 0 Å². The van der Waals surface area contributed by atoms with Gasteiger partial charge in [0.05, 0.1) is 5.56 Å². The van der Waals surface area contributed by atoms with Gasteiger partial charge in [-0.25, -0.2) is 4.98 Å². The fourth-order valence-corrected chi connectivity index (χ4v) is 3.86. The van der Waals surface area contributed by atoms with E-state index in [-0.39, 0.29) is 16.5 Å². The highest BCUT2D eigenvalue weighted by Gasteiger charge is 2.36. The van der Waals surface area contributed by atoms with E-state index in [4.69, 9.17) is 11.6 Å². The molecule has 1 aliphatic rings. The van der Waals surface area contributed by atoms with Gasteiger partial charge in [0.2, 0.25) is 17.2 Å². The molecule has 0 saturated carbocycles. The molecule has 3 aromatic rings. The van der Waals surface area contributed by atoms with Crippen molar-refractivity contribution >= 4 is 35.0 Å². The van der Waals surface area contributed by atoms with Crippen molar-refractivity contribution in [1.82, 2.24) is 19.9 Å². The van der Waals surface area contributed by atoms with Crippen LogP contribution in [-0.2, 0) is 11.6 Å². The van der Waals surface area contributed by atoms with Crippen LogP contribution in [0, 0.1) is 0 Å². The van der Waals surface area contributed by atoms with Crippen LogP contribution >= 0.6 is 11.6 Å². The molecule has 1 N–H and O–H groups in total. The van der Waals surface area contributed by atoms with Crippen LogP contribution in [0.3, 0.4) is 0 Å². The standard InChI is InChI=1S/C23H25ClF3N7/c1-22(2,3)15-6-8-16(9-7-15)29-20-30-19(24)31-21(32-20)34-13-11-33(12-14-34)18-17(23(25,26)27)5-4-10-28-18/h4-10H,11-14H2,1-3H3,(H,29,30,31,32). The largest absolute Gasteiger partial charge is 0.419 e. The highest BCUT2D eigenvalue weighted by Crippen LogP contribution is 2.35. The van der Waals surface area contributed by atoms with Crippen molar-refractivity contribution in [2.24, 2.45) is 0 Å². The lowest BCUT2D eigenvalue weighted by atomic mass is 9.87. The molecular weight excluding hydrogens is 467 g/mol. The lowest BCUT2D eigenvalue weighted by molar-refractivity contribution is -0.137. The van der Waals surface area contributed by atoms with Crippen LogP contribution in [0.1, 0.15) is 31.9 Å². The molecule has 1 aliphatic heterocycles. The first-order valence-electron chi connectivity index (χ1n) is 10.8. The summed E-state index contributed by atoms with van der Waals surface area (Å²) in [7, 11) is 0. The van der Waals surface area contributed by atoms with E-state index in [0.29, 0.717) is 38.1 Å². The highest BCUT2D eigenvalue weighted by molar-refractivity contribution is 6.28. The predicted octanol–water partition coefficient (Wildman–Crippen LogP) is 5.31. The van der Waals surface area contributed by atoms with Gasteiger partial charge >= 0.3 is 6.18 Å². The Kier molecular flexibility index (Phi) is 6.53. The molecular formula is C23H25ClF3N7. The number of hydrogen-bond acceptors (Lipinski definition) is 7.